The van der Waals surface area contributed by atoms with Crippen molar-refractivity contribution in [1.29, 1.82) is 0 Å². The van der Waals surface area contributed by atoms with Crippen molar-refractivity contribution in [2.24, 2.45) is 0 Å². The van der Waals surface area contributed by atoms with Gasteiger partial charge in [-0.2, -0.15) is 0 Å². The standard InChI is InChI=1S/C10H12ClNO2/c1-6-3-4-7(8(13)5-12-2)10(14)9(6)11/h3-4,12,14H,5H2,1-2H3. The Hall–Kier alpha value is -1.06. The Kier molecular flexibility index (Phi) is 3.49. The van der Waals surface area contributed by atoms with Crippen LogP contribution in [0.15, 0.2) is 12.1 Å². The van der Waals surface area contributed by atoms with Gasteiger partial charge >= 0.3 is 0 Å². The molecule has 1 aromatic rings. The van der Waals surface area contributed by atoms with Gasteiger partial charge in [0.15, 0.2) is 5.78 Å². The number of ketones is 1. The van der Waals surface area contributed by atoms with Crippen molar-refractivity contribution in [3.63, 3.8) is 0 Å². The van der Waals surface area contributed by atoms with Crippen molar-refractivity contribution >= 4 is 17.4 Å². The SMILES string of the molecule is CNCC(=O)c1ccc(C)c(Cl)c1O. The molecule has 0 aliphatic rings. The third kappa shape index (κ3) is 2.05. The fourth-order valence-corrected chi connectivity index (χ4v) is 1.31. The lowest BCUT2D eigenvalue weighted by atomic mass is 10.1. The highest BCUT2D eigenvalue weighted by Crippen LogP contribution is 2.30. The van der Waals surface area contributed by atoms with Crippen LogP contribution in [0.2, 0.25) is 5.02 Å². The van der Waals surface area contributed by atoms with Crippen molar-refractivity contribution in [3.05, 3.63) is 28.3 Å². The highest BCUT2D eigenvalue weighted by molar-refractivity contribution is 6.33. The molecule has 4 heteroatoms. The fraction of sp³-hybridized carbons (Fsp3) is 0.300. The van der Waals surface area contributed by atoms with Gasteiger partial charge in [-0.3, -0.25) is 4.79 Å². The topological polar surface area (TPSA) is 49.3 Å². The van der Waals surface area contributed by atoms with Crippen molar-refractivity contribution in [1.82, 2.24) is 5.32 Å². The first-order valence-electron chi connectivity index (χ1n) is 4.23. The molecule has 1 aromatic carbocycles. The largest absolute Gasteiger partial charge is 0.506 e. The Morgan fingerprint density at radius 2 is 2.21 bits per heavy atom. The second-order valence-electron chi connectivity index (χ2n) is 3.05. The summed E-state index contributed by atoms with van der Waals surface area (Å²) in [4.78, 5) is 11.4. The summed E-state index contributed by atoms with van der Waals surface area (Å²) in [5.41, 5.74) is 1.01. The van der Waals surface area contributed by atoms with Crippen molar-refractivity contribution < 1.29 is 9.90 Å². The molecule has 0 heterocycles. The Bertz CT molecular complexity index is 363. The summed E-state index contributed by atoms with van der Waals surface area (Å²) >= 11 is 5.80. The second kappa shape index (κ2) is 4.44. The van der Waals surface area contributed by atoms with Crippen LogP contribution in [-0.4, -0.2) is 24.5 Å². The molecular weight excluding hydrogens is 202 g/mol. The van der Waals surface area contributed by atoms with E-state index in [1.165, 1.54) is 0 Å². The third-order valence-electron chi connectivity index (χ3n) is 1.95. The average Bonchev–Trinajstić information content (AvgIpc) is 2.15. The van der Waals surface area contributed by atoms with E-state index in [2.05, 4.69) is 5.32 Å². The van der Waals surface area contributed by atoms with Crippen LogP contribution in [0.25, 0.3) is 0 Å². The summed E-state index contributed by atoms with van der Waals surface area (Å²) < 4.78 is 0. The molecule has 0 amide bonds. The zero-order valence-corrected chi connectivity index (χ0v) is 8.85. The summed E-state index contributed by atoms with van der Waals surface area (Å²) in [6.07, 6.45) is 0. The number of halogens is 1. The lowest BCUT2D eigenvalue weighted by Crippen LogP contribution is -2.18. The molecule has 0 atom stereocenters. The maximum atomic E-state index is 11.4. The second-order valence-corrected chi connectivity index (χ2v) is 3.42. The van der Waals surface area contributed by atoms with Gasteiger partial charge in [-0.1, -0.05) is 17.7 Å². The molecule has 0 bridgehead atoms. The van der Waals surface area contributed by atoms with E-state index in [4.69, 9.17) is 11.6 Å². The molecule has 0 unspecified atom stereocenters. The lowest BCUT2D eigenvalue weighted by molar-refractivity contribution is 0.0991. The van der Waals surface area contributed by atoms with Crippen LogP contribution in [0.1, 0.15) is 15.9 Å². The van der Waals surface area contributed by atoms with E-state index in [1.807, 2.05) is 0 Å². The first kappa shape index (κ1) is 11.0. The van der Waals surface area contributed by atoms with Crippen LogP contribution in [0.5, 0.6) is 5.75 Å². The minimum absolute atomic E-state index is 0.132. The Labute approximate surface area is 87.7 Å². The number of phenolic OH excluding ortho intramolecular Hbond substituents is 1. The van der Waals surface area contributed by atoms with Crippen molar-refractivity contribution in [2.45, 2.75) is 6.92 Å². The molecule has 1 rings (SSSR count). The average molecular weight is 214 g/mol. The van der Waals surface area contributed by atoms with E-state index in [1.54, 1.807) is 26.1 Å². The number of hydrogen-bond donors (Lipinski definition) is 2. The zero-order valence-electron chi connectivity index (χ0n) is 8.10. The van der Waals surface area contributed by atoms with Gasteiger partial charge in [0.25, 0.3) is 0 Å². The van der Waals surface area contributed by atoms with E-state index >= 15 is 0 Å². The number of aromatic hydroxyl groups is 1. The van der Waals surface area contributed by atoms with Crippen LogP contribution >= 0.6 is 11.6 Å². The minimum Gasteiger partial charge on any atom is -0.506 e. The van der Waals surface area contributed by atoms with Gasteiger partial charge in [0.1, 0.15) is 5.75 Å². The minimum atomic E-state index is -0.174. The number of likely N-dealkylation sites (N-methyl/N-ethyl adjacent to an activating group) is 1. The molecule has 14 heavy (non-hydrogen) atoms. The van der Waals surface area contributed by atoms with Gasteiger partial charge in [-0.15, -0.1) is 0 Å². The molecule has 0 saturated heterocycles. The quantitative estimate of drug-likeness (QED) is 0.753. The van der Waals surface area contributed by atoms with Gasteiger partial charge in [-0.25, -0.2) is 0 Å². The van der Waals surface area contributed by atoms with Crippen LogP contribution in [0.3, 0.4) is 0 Å². The predicted octanol–water partition coefficient (Wildman–Crippen LogP) is 1.76. The maximum absolute atomic E-state index is 11.4. The Balaban J connectivity index is 3.11. The predicted molar refractivity (Wildman–Crippen MR) is 56.1 cm³/mol. The number of aryl methyl sites for hydroxylation is 1. The van der Waals surface area contributed by atoms with E-state index in [9.17, 15) is 9.90 Å². The fourth-order valence-electron chi connectivity index (χ4n) is 1.15. The molecule has 2 N–H and O–H groups in total. The van der Waals surface area contributed by atoms with Crippen LogP contribution in [0.4, 0.5) is 0 Å². The molecule has 0 aromatic heterocycles. The monoisotopic (exact) mass is 213 g/mol. The number of phenols is 1. The van der Waals surface area contributed by atoms with E-state index < -0.39 is 0 Å². The van der Waals surface area contributed by atoms with E-state index in [-0.39, 0.29) is 28.7 Å². The number of nitrogens with one attached hydrogen (secondary N) is 1. The first-order chi connectivity index (χ1) is 6.57. The summed E-state index contributed by atoms with van der Waals surface area (Å²) in [6, 6.07) is 3.29. The Morgan fingerprint density at radius 3 is 2.79 bits per heavy atom. The van der Waals surface area contributed by atoms with Crippen molar-refractivity contribution in [2.75, 3.05) is 13.6 Å². The van der Waals surface area contributed by atoms with Gasteiger partial charge < -0.3 is 10.4 Å². The third-order valence-corrected chi connectivity index (χ3v) is 2.42. The van der Waals surface area contributed by atoms with Crippen LogP contribution in [-0.2, 0) is 0 Å². The molecule has 0 aliphatic carbocycles. The number of carbonyl (C=O) groups is 1. The summed E-state index contributed by atoms with van der Waals surface area (Å²) in [5.74, 6) is -0.307. The smallest absolute Gasteiger partial charge is 0.180 e. The first-order valence-corrected chi connectivity index (χ1v) is 4.61. The molecule has 3 nitrogen and oxygen atoms in total. The number of benzene rings is 1. The number of hydrogen-bond acceptors (Lipinski definition) is 3. The normalized spacial score (nSPS) is 10.2. The van der Waals surface area contributed by atoms with E-state index in [0.717, 1.165) is 5.56 Å². The molecule has 0 radical (unpaired) electrons. The summed E-state index contributed by atoms with van der Waals surface area (Å²) in [7, 11) is 1.67. The molecule has 0 saturated carbocycles. The summed E-state index contributed by atoms with van der Waals surface area (Å²) in [6.45, 7) is 1.96. The Morgan fingerprint density at radius 1 is 1.57 bits per heavy atom. The van der Waals surface area contributed by atoms with Gasteiger partial charge in [0.05, 0.1) is 17.1 Å². The van der Waals surface area contributed by atoms with Gasteiger partial charge in [-0.05, 0) is 25.6 Å². The summed E-state index contributed by atoms with van der Waals surface area (Å²) in [5, 5.41) is 12.6. The molecule has 0 spiro atoms. The number of carbonyl (C=O) groups excluding carboxylic acids is 1. The maximum Gasteiger partial charge on any atom is 0.180 e. The van der Waals surface area contributed by atoms with Crippen LogP contribution < -0.4 is 5.32 Å². The molecule has 76 valence electrons. The molecular formula is C10H12ClNO2. The van der Waals surface area contributed by atoms with Crippen molar-refractivity contribution in [3.8, 4) is 5.75 Å². The number of Topliss-reactive ketones (excluding diaryl/α,β-unsaturated/α-hetero) is 1. The lowest BCUT2D eigenvalue weighted by Gasteiger charge is -2.06. The molecule has 0 fully saturated rings. The van der Waals surface area contributed by atoms with Crippen LogP contribution in [0, 0.1) is 6.92 Å². The van der Waals surface area contributed by atoms with E-state index in [0.29, 0.717) is 0 Å². The number of rotatable bonds is 3. The highest BCUT2D eigenvalue weighted by Gasteiger charge is 2.13. The highest BCUT2D eigenvalue weighted by atomic mass is 35.5. The van der Waals surface area contributed by atoms with Gasteiger partial charge in [0, 0.05) is 0 Å². The zero-order chi connectivity index (χ0) is 10.7. The molecule has 0 aliphatic heterocycles. The van der Waals surface area contributed by atoms with Gasteiger partial charge in [0.2, 0.25) is 0 Å².